The zero-order valence-electron chi connectivity index (χ0n) is 13.8. The van der Waals surface area contributed by atoms with Gasteiger partial charge in [-0.05, 0) is 40.0 Å². The first-order valence-electron chi connectivity index (χ1n) is 6.82. The van der Waals surface area contributed by atoms with Crippen molar-refractivity contribution in [3.05, 3.63) is 0 Å². The molecule has 1 fully saturated rings. The van der Waals surface area contributed by atoms with Crippen LogP contribution in [0.1, 0.15) is 40.0 Å². The van der Waals surface area contributed by atoms with E-state index in [0.29, 0.717) is 19.3 Å². The van der Waals surface area contributed by atoms with Crippen LogP contribution in [0.2, 0.25) is 0 Å². The number of hydrogen-bond donors (Lipinski definition) is 1. The molecule has 1 N–H and O–H groups in total. The average Bonchev–Trinajstić information content (AvgIpc) is 2.55. The zero-order chi connectivity index (χ0) is 18.5. The SMILES string of the molecule is CC(C)(C)OC(=O)N[C@H]1CC[C@@H](OS(C)(=O)=O)C1.CS(=O)(=O)Cl. The van der Waals surface area contributed by atoms with Gasteiger partial charge >= 0.3 is 6.09 Å². The summed E-state index contributed by atoms with van der Waals surface area (Å²) in [6, 6.07) is -0.0911. The third-order valence-corrected chi connectivity index (χ3v) is 3.04. The van der Waals surface area contributed by atoms with Gasteiger partial charge < -0.3 is 10.1 Å². The van der Waals surface area contributed by atoms with Crippen molar-refractivity contribution < 1.29 is 30.6 Å². The van der Waals surface area contributed by atoms with Gasteiger partial charge in [0.2, 0.25) is 9.05 Å². The summed E-state index contributed by atoms with van der Waals surface area (Å²) < 4.78 is 50.8. The van der Waals surface area contributed by atoms with Gasteiger partial charge in [-0.15, -0.1) is 0 Å². The molecule has 0 unspecified atom stereocenters. The van der Waals surface area contributed by atoms with Gasteiger partial charge in [0, 0.05) is 16.7 Å². The molecule has 0 aliphatic heterocycles. The summed E-state index contributed by atoms with van der Waals surface area (Å²) in [5.74, 6) is 0. The lowest BCUT2D eigenvalue weighted by atomic mass is 10.2. The smallest absolute Gasteiger partial charge is 0.407 e. The van der Waals surface area contributed by atoms with E-state index in [-0.39, 0.29) is 12.1 Å². The third kappa shape index (κ3) is 16.1. The van der Waals surface area contributed by atoms with E-state index in [4.69, 9.17) is 8.92 Å². The Kier molecular flexibility index (Phi) is 8.28. The minimum Gasteiger partial charge on any atom is -0.444 e. The van der Waals surface area contributed by atoms with Crippen molar-refractivity contribution in [3.8, 4) is 0 Å². The van der Waals surface area contributed by atoms with Gasteiger partial charge in [-0.1, -0.05) is 0 Å². The summed E-state index contributed by atoms with van der Waals surface area (Å²) in [5.41, 5.74) is -0.536. The van der Waals surface area contributed by atoms with E-state index in [2.05, 4.69) is 16.0 Å². The van der Waals surface area contributed by atoms with Crippen molar-refractivity contribution in [1.82, 2.24) is 5.32 Å². The number of hydrogen-bond acceptors (Lipinski definition) is 7. The minimum atomic E-state index is -3.43. The molecule has 0 saturated heterocycles. The lowest BCUT2D eigenvalue weighted by Crippen LogP contribution is -2.38. The summed E-state index contributed by atoms with van der Waals surface area (Å²) in [6.07, 6.45) is 2.93. The summed E-state index contributed by atoms with van der Waals surface area (Å²) in [7, 11) is -2.12. The van der Waals surface area contributed by atoms with Crippen LogP contribution in [0.5, 0.6) is 0 Å². The second-order valence-electron chi connectivity index (χ2n) is 6.26. The first kappa shape index (κ1) is 22.4. The molecule has 0 spiro atoms. The van der Waals surface area contributed by atoms with Crippen LogP contribution >= 0.6 is 10.7 Å². The van der Waals surface area contributed by atoms with E-state index < -0.39 is 30.9 Å². The van der Waals surface area contributed by atoms with Crippen LogP contribution in [-0.2, 0) is 28.1 Å². The van der Waals surface area contributed by atoms with Crippen LogP contribution in [0.25, 0.3) is 0 Å². The minimum absolute atomic E-state index is 0.0911. The Hall–Kier alpha value is -0.580. The first-order chi connectivity index (χ1) is 10.1. The zero-order valence-corrected chi connectivity index (χ0v) is 16.2. The standard InChI is InChI=1S/C11H21NO5S.CH3ClO2S/c1-11(2,3)16-10(13)12-8-5-6-9(7-8)17-18(4,14)15;1-5(2,3)4/h8-9H,5-7H2,1-4H3,(H,12,13);1H3/t8-,9+;/m0./s1. The molecule has 2 atom stereocenters. The summed E-state index contributed by atoms with van der Waals surface area (Å²) >= 11 is 0. The van der Waals surface area contributed by atoms with Crippen LogP contribution in [0.4, 0.5) is 4.79 Å². The number of amides is 1. The van der Waals surface area contributed by atoms with Crippen molar-refractivity contribution in [3.63, 3.8) is 0 Å². The number of nitrogens with one attached hydrogen (secondary N) is 1. The van der Waals surface area contributed by atoms with Gasteiger partial charge in [0.05, 0.1) is 18.6 Å². The fraction of sp³-hybridized carbons (Fsp3) is 0.917. The maximum absolute atomic E-state index is 11.5. The molecular formula is C12H24ClNO7S2. The first-order valence-corrected chi connectivity index (χ1v) is 11.4. The van der Waals surface area contributed by atoms with Crippen molar-refractivity contribution in [2.45, 2.75) is 57.8 Å². The molecule has 0 bridgehead atoms. The van der Waals surface area contributed by atoms with Crippen LogP contribution in [0.15, 0.2) is 0 Å². The molecule has 138 valence electrons. The molecule has 0 heterocycles. The lowest BCUT2D eigenvalue weighted by molar-refractivity contribution is 0.0503. The molecule has 0 aromatic rings. The van der Waals surface area contributed by atoms with E-state index in [1.807, 2.05) is 0 Å². The van der Waals surface area contributed by atoms with Crippen LogP contribution < -0.4 is 5.32 Å². The predicted octanol–water partition coefficient (Wildman–Crippen LogP) is 1.59. The number of alkyl carbamates (subject to hydrolysis) is 1. The predicted molar refractivity (Wildman–Crippen MR) is 87.4 cm³/mol. The van der Waals surface area contributed by atoms with Crippen LogP contribution in [0, 0.1) is 0 Å². The molecule has 1 rings (SSSR count). The second-order valence-corrected chi connectivity index (χ2v) is 10.9. The van der Waals surface area contributed by atoms with Gasteiger partial charge in [-0.25, -0.2) is 13.2 Å². The number of carbonyl (C=O) groups is 1. The largest absolute Gasteiger partial charge is 0.444 e. The fourth-order valence-corrected chi connectivity index (χ4v) is 2.55. The number of ether oxygens (including phenoxy) is 1. The topological polar surface area (TPSA) is 116 Å². The average molecular weight is 394 g/mol. The van der Waals surface area contributed by atoms with E-state index in [9.17, 15) is 21.6 Å². The molecule has 23 heavy (non-hydrogen) atoms. The quantitative estimate of drug-likeness (QED) is 0.571. The van der Waals surface area contributed by atoms with Gasteiger partial charge in [0.15, 0.2) is 0 Å². The van der Waals surface area contributed by atoms with Crippen molar-refractivity contribution in [1.29, 1.82) is 0 Å². The Balaban J connectivity index is 0.000000841. The third-order valence-electron chi connectivity index (χ3n) is 2.42. The highest BCUT2D eigenvalue weighted by Crippen LogP contribution is 2.23. The molecule has 1 amide bonds. The van der Waals surface area contributed by atoms with Gasteiger partial charge in [-0.3, -0.25) is 4.18 Å². The molecule has 0 radical (unpaired) electrons. The van der Waals surface area contributed by atoms with E-state index in [1.54, 1.807) is 20.8 Å². The van der Waals surface area contributed by atoms with Gasteiger partial charge in [-0.2, -0.15) is 8.42 Å². The monoisotopic (exact) mass is 393 g/mol. The lowest BCUT2D eigenvalue weighted by Gasteiger charge is -2.21. The highest BCUT2D eigenvalue weighted by atomic mass is 35.7. The molecule has 8 nitrogen and oxygen atoms in total. The highest BCUT2D eigenvalue weighted by molar-refractivity contribution is 8.13. The maximum Gasteiger partial charge on any atom is 0.407 e. The van der Waals surface area contributed by atoms with E-state index in [0.717, 1.165) is 12.5 Å². The molecule has 0 aromatic heterocycles. The van der Waals surface area contributed by atoms with Crippen LogP contribution in [-0.4, -0.2) is 53.2 Å². The Morgan fingerprint density at radius 2 is 1.61 bits per heavy atom. The number of carbonyl (C=O) groups excluding carboxylic acids is 1. The molecule has 11 heteroatoms. The Morgan fingerprint density at radius 3 is 2.00 bits per heavy atom. The second kappa shape index (κ2) is 8.50. The molecule has 1 aliphatic rings. The highest BCUT2D eigenvalue weighted by Gasteiger charge is 2.30. The summed E-state index contributed by atoms with van der Waals surface area (Å²) in [4.78, 5) is 11.5. The van der Waals surface area contributed by atoms with E-state index in [1.165, 1.54) is 0 Å². The van der Waals surface area contributed by atoms with Gasteiger partial charge in [0.1, 0.15) is 5.60 Å². The Morgan fingerprint density at radius 1 is 1.13 bits per heavy atom. The van der Waals surface area contributed by atoms with Crippen molar-refractivity contribution in [2.24, 2.45) is 0 Å². The summed E-state index contributed by atoms with van der Waals surface area (Å²) in [6.45, 7) is 5.37. The normalized spacial score (nSPS) is 22.0. The molecule has 1 saturated carbocycles. The molecule has 1 aliphatic carbocycles. The number of rotatable bonds is 3. The Labute approximate surface area is 142 Å². The van der Waals surface area contributed by atoms with E-state index >= 15 is 0 Å². The van der Waals surface area contributed by atoms with Crippen molar-refractivity contribution in [2.75, 3.05) is 12.5 Å². The van der Waals surface area contributed by atoms with Crippen molar-refractivity contribution >= 4 is 35.9 Å². The molecular weight excluding hydrogens is 370 g/mol. The maximum atomic E-state index is 11.5. The summed E-state index contributed by atoms with van der Waals surface area (Å²) in [5, 5.41) is 2.72. The number of halogens is 1. The van der Waals surface area contributed by atoms with Crippen LogP contribution in [0.3, 0.4) is 0 Å². The Bertz CT molecular complexity index is 587. The molecule has 0 aromatic carbocycles. The fourth-order valence-electron chi connectivity index (χ4n) is 1.88. The van der Waals surface area contributed by atoms with Gasteiger partial charge in [0.25, 0.3) is 10.1 Å².